The van der Waals surface area contributed by atoms with Gasteiger partial charge in [-0.2, -0.15) is 0 Å². The molecular weight excluding hydrogens is 456 g/mol. The van der Waals surface area contributed by atoms with E-state index in [1.165, 1.54) is 6.26 Å². The zero-order valence-electron chi connectivity index (χ0n) is 21.0. The molecule has 4 aromatic rings. The summed E-state index contributed by atoms with van der Waals surface area (Å²) in [6, 6.07) is 32.0. The van der Waals surface area contributed by atoms with Crippen molar-refractivity contribution in [1.82, 2.24) is 0 Å². The van der Waals surface area contributed by atoms with Crippen LogP contribution < -0.4 is 5.73 Å². The van der Waals surface area contributed by atoms with Gasteiger partial charge in [-0.3, -0.25) is 9.79 Å². The number of carbonyl (C=O) groups excluding carboxylic acids is 1. The minimum Gasteiger partial charge on any atom is -0.461 e. The summed E-state index contributed by atoms with van der Waals surface area (Å²) in [5.74, 6) is 0.685. The number of Topliss-reactive ketones (excluding diaryl/α,β-unsaturated/α-hetero) is 1. The number of hydrogen-bond acceptors (Lipinski definition) is 4. The first-order chi connectivity index (χ1) is 17.8. The number of benzene rings is 3. The maximum absolute atomic E-state index is 12.6. The quantitative estimate of drug-likeness (QED) is 0.172. The first-order valence-electron chi connectivity index (χ1n) is 12.3. The second-order valence-corrected chi connectivity index (χ2v) is 9.83. The van der Waals surface area contributed by atoms with Crippen LogP contribution in [-0.4, -0.2) is 11.6 Å². The zero-order chi connectivity index (χ0) is 26.0. The third-order valence-corrected chi connectivity index (χ3v) is 7.37. The van der Waals surface area contributed by atoms with Gasteiger partial charge in [0, 0.05) is 12.0 Å². The van der Waals surface area contributed by atoms with Crippen LogP contribution in [0.25, 0.3) is 0 Å². The zero-order valence-corrected chi connectivity index (χ0v) is 21.0. The van der Waals surface area contributed by atoms with Crippen molar-refractivity contribution in [3.63, 3.8) is 0 Å². The Morgan fingerprint density at radius 2 is 1.51 bits per heavy atom. The van der Waals surface area contributed by atoms with E-state index >= 15 is 0 Å². The van der Waals surface area contributed by atoms with E-state index in [2.05, 4.69) is 56.5 Å². The van der Waals surface area contributed by atoms with E-state index in [0.717, 1.165) is 27.8 Å². The van der Waals surface area contributed by atoms with Crippen molar-refractivity contribution >= 4 is 11.6 Å². The van der Waals surface area contributed by atoms with Crippen molar-refractivity contribution in [2.24, 2.45) is 16.1 Å². The number of aliphatic imine (C=N–C) groups is 1. The van der Waals surface area contributed by atoms with E-state index in [1.807, 2.05) is 48.5 Å². The van der Waals surface area contributed by atoms with E-state index in [1.54, 1.807) is 12.1 Å². The van der Waals surface area contributed by atoms with Crippen LogP contribution in [0, 0.1) is 5.41 Å². The van der Waals surface area contributed by atoms with Crippen LogP contribution in [0.3, 0.4) is 0 Å². The van der Waals surface area contributed by atoms with Crippen LogP contribution in [-0.2, 0) is 18.4 Å². The topological polar surface area (TPSA) is 68.6 Å². The molecule has 0 saturated heterocycles. The summed E-state index contributed by atoms with van der Waals surface area (Å²) < 4.78 is 5.25. The Labute approximate surface area is 217 Å². The van der Waals surface area contributed by atoms with Crippen molar-refractivity contribution < 1.29 is 9.21 Å². The van der Waals surface area contributed by atoms with E-state index in [9.17, 15) is 4.79 Å². The molecule has 184 valence electrons. The molecule has 1 aliphatic rings. The highest BCUT2D eigenvalue weighted by Gasteiger charge is 2.52. The van der Waals surface area contributed by atoms with Gasteiger partial charge >= 0.3 is 0 Å². The molecule has 1 aliphatic heterocycles. The maximum atomic E-state index is 12.6. The average molecular weight is 487 g/mol. The maximum Gasteiger partial charge on any atom is 0.223 e. The van der Waals surface area contributed by atoms with Crippen molar-refractivity contribution in [1.29, 1.82) is 0 Å². The number of allylic oxidation sites excluding steroid dienone is 1. The van der Waals surface area contributed by atoms with E-state index in [-0.39, 0.29) is 5.78 Å². The van der Waals surface area contributed by atoms with Crippen LogP contribution in [0.1, 0.15) is 39.7 Å². The number of nitrogens with two attached hydrogens (primary N) is 1. The van der Waals surface area contributed by atoms with Gasteiger partial charge in [-0.05, 0) is 53.3 Å². The summed E-state index contributed by atoms with van der Waals surface area (Å²) in [5.41, 5.74) is 11.0. The van der Waals surface area contributed by atoms with E-state index < -0.39 is 11.0 Å². The Hall–Kier alpha value is -4.44. The highest BCUT2D eigenvalue weighted by molar-refractivity contribution is 6.06. The Morgan fingerprint density at radius 1 is 0.892 bits per heavy atom. The smallest absolute Gasteiger partial charge is 0.223 e. The molecule has 4 heteroatoms. The third kappa shape index (κ3) is 4.25. The minimum atomic E-state index is -0.761. The number of furan rings is 1. The molecule has 2 heterocycles. The monoisotopic (exact) mass is 486 g/mol. The molecule has 4 nitrogen and oxygen atoms in total. The van der Waals surface area contributed by atoms with Crippen LogP contribution >= 0.6 is 0 Å². The van der Waals surface area contributed by atoms with E-state index in [0.29, 0.717) is 30.0 Å². The number of hydrogen-bond donors (Lipinski definition) is 1. The summed E-state index contributed by atoms with van der Waals surface area (Å²) in [6.45, 7) is 10.7. The fraction of sp³-hybridized carbons (Fsp3) is 0.152. The number of ketones is 1. The van der Waals surface area contributed by atoms with Crippen LogP contribution in [0.5, 0.6) is 0 Å². The average Bonchev–Trinajstić information content (AvgIpc) is 3.52. The standard InChI is InChI=1S/C33H30N2O2/c1-23(30(36)29-18-11-19-37-29)20-25-12-10-13-26(21-25)22-32(3)24(2)33(35-31(32)34,27-14-6-4-7-15-27)28-16-8-5-9-17-28/h4-19,21H,1-2,20,22H2,3H3,(H2,34,35)/t32-/m1/s1. The SMILES string of the molecule is C=C(Cc1cccc(C[C@]2(C)C(=C)C(c3ccccc3)(c3ccccc3)N=C2N)c1)C(=O)c1ccco1. The van der Waals surface area contributed by atoms with E-state index in [4.69, 9.17) is 15.1 Å². The third-order valence-electron chi connectivity index (χ3n) is 7.37. The van der Waals surface area contributed by atoms with Crippen molar-refractivity contribution in [2.45, 2.75) is 25.3 Å². The molecule has 0 spiro atoms. The summed E-state index contributed by atoms with van der Waals surface area (Å²) in [5, 5.41) is 0. The van der Waals surface area contributed by atoms with Crippen molar-refractivity contribution in [2.75, 3.05) is 0 Å². The first kappa shape index (κ1) is 24.3. The van der Waals surface area contributed by atoms with Gasteiger partial charge in [-0.15, -0.1) is 0 Å². The lowest BCUT2D eigenvalue weighted by atomic mass is 9.67. The molecule has 0 bridgehead atoms. The molecule has 2 N–H and O–H groups in total. The highest BCUT2D eigenvalue weighted by atomic mass is 16.3. The van der Waals surface area contributed by atoms with Gasteiger partial charge in [0.05, 0.1) is 11.7 Å². The molecule has 0 radical (unpaired) electrons. The number of rotatable bonds is 8. The molecule has 0 fully saturated rings. The second kappa shape index (κ2) is 9.55. The highest BCUT2D eigenvalue weighted by Crippen LogP contribution is 2.53. The molecular formula is C33H30N2O2. The number of nitrogens with zero attached hydrogens (tertiary/aromatic N) is 1. The van der Waals surface area contributed by atoms with Gasteiger partial charge in [0.2, 0.25) is 5.78 Å². The van der Waals surface area contributed by atoms with Gasteiger partial charge < -0.3 is 10.2 Å². The molecule has 0 aliphatic carbocycles. The molecule has 3 aromatic carbocycles. The predicted octanol–water partition coefficient (Wildman–Crippen LogP) is 6.68. The van der Waals surface area contributed by atoms with Crippen molar-refractivity contribution in [3.8, 4) is 0 Å². The van der Waals surface area contributed by atoms with Gasteiger partial charge in [0.25, 0.3) is 0 Å². The Balaban J connectivity index is 1.46. The van der Waals surface area contributed by atoms with Crippen molar-refractivity contribution in [3.05, 3.63) is 156 Å². The Morgan fingerprint density at radius 3 is 2.11 bits per heavy atom. The molecule has 5 rings (SSSR count). The van der Waals surface area contributed by atoms with Gasteiger partial charge in [0.1, 0.15) is 11.4 Å². The fourth-order valence-electron chi connectivity index (χ4n) is 5.29. The van der Waals surface area contributed by atoms with Gasteiger partial charge in [-0.25, -0.2) is 0 Å². The molecule has 37 heavy (non-hydrogen) atoms. The minimum absolute atomic E-state index is 0.182. The largest absolute Gasteiger partial charge is 0.461 e. The lowest BCUT2D eigenvalue weighted by Crippen LogP contribution is -2.37. The summed E-state index contributed by atoms with van der Waals surface area (Å²) in [4.78, 5) is 17.8. The molecule has 0 unspecified atom stereocenters. The molecule has 1 atom stereocenters. The molecule has 1 aromatic heterocycles. The fourth-order valence-corrected chi connectivity index (χ4v) is 5.29. The normalized spacial score (nSPS) is 18.4. The molecule has 0 amide bonds. The van der Waals surface area contributed by atoms with Gasteiger partial charge in [0.15, 0.2) is 5.76 Å². The van der Waals surface area contributed by atoms with Crippen LogP contribution in [0.4, 0.5) is 0 Å². The lowest BCUT2D eigenvalue weighted by molar-refractivity contribution is 0.100. The summed E-state index contributed by atoms with van der Waals surface area (Å²) in [6.07, 6.45) is 2.56. The number of amidine groups is 1. The van der Waals surface area contributed by atoms with Gasteiger partial charge in [-0.1, -0.05) is 98.1 Å². The van der Waals surface area contributed by atoms with Crippen LogP contribution in [0.15, 0.2) is 137 Å². The predicted molar refractivity (Wildman–Crippen MR) is 149 cm³/mol. The summed E-state index contributed by atoms with van der Waals surface area (Å²) >= 11 is 0. The second-order valence-electron chi connectivity index (χ2n) is 9.83. The Bertz CT molecular complexity index is 1440. The Kier molecular flexibility index (Phi) is 6.26. The molecule has 0 saturated carbocycles. The summed E-state index contributed by atoms with van der Waals surface area (Å²) in [7, 11) is 0. The lowest BCUT2D eigenvalue weighted by Gasteiger charge is -2.35. The first-order valence-corrected chi connectivity index (χ1v) is 12.3. The van der Waals surface area contributed by atoms with Crippen LogP contribution in [0.2, 0.25) is 0 Å². The number of carbonyl (C=O) groups is 1.